The molecule has 1 aromatic carbocycles. The lowest BCUT2D eigenvalue weighted by Gasteiger charge is -2.35. The SMILES string of the molecule is COC(=O)CC(c1ccc(OC)cc1)C(F)(F)[Si](C)(C)C. The number of rotatable bonds is 6. The van der Waals surface area contributed by atoms with E-state index in [1.54, 1.807) is 43.9 Å². The Hall–Kier alpha value is -1.43. The molecule has 0 fully saturated rings. The Balaban J connectivity index is 3.21. The molecule has 0 heterocycles. The monoisotopic (exact) mass is 316 g/mol. The summed E-state index contributed by atoms with van der Waals surface area (Å²) in [7, 11) is -0.0846. The first-order valence-corrected chi connectivity index (χ1v) is 10.2. The van der Waals surface area contributed by atoms with Gasteiger partial charge in [0.2, 0.25) is 5.55 Å². The highest BCUT2D eigenvalue weighted by Gasteiger charge is 2.52. The molecule has 0 spiro atoms. The fourth-order valence-corrected chi connectivity index (χ4v) is 3.38. The molecule has 0 aliphatic carbocycles. The van der Waals surface area contributed by atoms with E-state index in [1.807, 2.05) is 0 Å². The summed E-state index contributed by atoms with van der Waals surface area (Å²) < 4.78 is 39.2. The molecular formula is C15H22F2O3Si. The van der Waals surface area contributed by atoms with Gasteiger partial charge in [0, 0.05) is 0 Å². The predicted molar refractivity (Wildman–Crippen MR) is 80.7 cm³/mol. The normalized spacial score (nSPS) is 13.7. The molecule has 1 rings (SSSR count). The first-order valence-electron chi connectivity index (χ1n) is 6.72. The van der Waals surface area contributed by atoms with Crippen LogP contribution in [-0.4, -0.2) is 33.8 Å². The van der Waals surface area contributed by atoms with Crippen molar-refractivity contribution in [1.29, 1.82) is 0 Å². The lowest BCUT2D eigenvalue weighted by Crippen LogP contribution is -2.50. The molecule has 1 unspecified atom stereocenters. The molecule has 6 heteroatoms. The van der Waals surface area contributed by atoms with Gasteiger partial charge >= 0.3 is 5.97 Å². The maximum absolute atomic E-state index is 14.8. The topological polar surface area (TPSA) is 35.5 Å². The van der Waals surface area contributed by atoms with E-state index in [0.717, 1.165) is 0 Å². The Bertz CT molecular complexity index is 481. The van der Waals surface area contributed by atoms with E-state index < -0.39 is 25.5 Å². The van der Waals surface area contributed by atoms with Crippen LogP contribution in [0, 0.1) is 0 Å². The lowest BCUT2D eigenvalue weighted by atomic mass is 9.95. The van der Waals surface area contributed by atoms with Crippen LogP contribution in [-0.2, 0) is 9.53 Å². The third-order valence-electron chi connectivity index (χ3n) is 3.55. The van der Waals surface area contributed by atoms with Crippen LogP contribution in [0.2, 0.25) is 19.6 Å². The van der Waals surface area contributed by atoms with E-state index in [2.05, 4.69) is 4.74 Å². The fraction of sp³-hybridized carbons (Fsp3) is 0.533. The number of alkyl halides is 2. The maximum atomic E-state index is 14.8. The van der Waals surface area contributed by atoms with Crippen molar-refractivity contribution in [2.45, 2.75) is 37.5 Å². The van der Waals surface area contributed by atoms with Crippen LogP contribution in [0.15, 0.2) is 24.3 Å². The van der Waals surface area contributed by atoms with Crippen molar-refractivity contribution in [3.8, 4) is 5.75 Å². The lowest BCUT2D eigenvalue weighted by molar-refractivity contribution is -0.142. The fourth-order valence-electron chi connectivity index (χ4n) is 2.06. The summed E-state index contributed by atoms with van der Waals surface area (Å²) in [6, 6.07) is 6.42. The van der Waals surface area contributed by atoms with Gasteiger partial charge in [0.1, 0.15) is 13.8 Å². The minimum Gasteiger partial charge on any atom is -0.497 e. The molecule has 0 saturated heterocycles. The summed E-state index contributed by atoms with van der Waals surface area (Å²) >= 11 is 0. The number of halogens is 2. The van der Waals surface area contributed by atoms with Crippen molar-refractivity contribution in [1.82, 2.24) is 0 Å². The number of carbonyl (C=O) groups excluding carboxylic acids is 1. The van der Waals surface area contributed by atoms with E-state index in [9.17, 15) is 13.6 Å². The highest BCUT2D eigenvalue weighted by atomic mass is 28.3. The summed E-state index contributed by atoms with van der Waals surface area (Å²) in [6.45, 7) is 4.79. The molecule has 0 aliphatic heterocycles. The highest BCUT2D eigenvalue weighted by molar-refractivity contribution is 6.78. The van der Waals surface area contributed by atoms with Gasteiger partial charge in [-0.2, -0.15) is 0 Å². The zero-order valence-electron chi connectivity index (χ0n) is 13.1. The van der Waals surface area contributed by atoms with Crippen LogP contribution >= 0.6 is 0 Å². The molecule has 0 aromatic heterocycles. The summed E-state index contributed by atoms with van der Waals surface area (Å²) in [6.07, 6.45) is -0.333. The maximum Gasteiger partial charge on any atom is 0.306 e. The third-order valence-corrected chi connectivity index (χ3v) is 5.90. The number of methoxy groups -OCH3 is 2. The van der Waals surface area contributed by atoms with Crippen LogP contribution in [0.1, 0.15) is 17.9 Å². The van der Waals surface area contributed by atoms with E-state index in [0.29, 0.717) is 11.3 Å². The van der Waals surface area contributed by atoms with Crippen molar-refractivity contribution in [3.05, 3.63) is 29.8 Å². The summed E-state index contributed by atoms with van der Waals surface area (Å²) in [5, 5.41) is 0. The number of ether oxygens (including phenoxy) is 2. The van der Waals surface area contributed by atoms with Crippen LogP contribution in [0.25, 0.3) is 0 Å². The van der Waals surface area contributed by atoms with Crippen LogP contribution in [0.5, 0.6) is 5.75 Å². The molecule has 0 amide bonds. The summed E-state index contributed by atoms with van der Waals surface area (Å²) in [4.78, 5) is 11.5. The van der Waals surface area contributed by atoms with E-state index in [-0.39, 0.29) is 6.42 Å². The molecule has 0 radical (unpaired) electrons. The molecule has 0 saturated carbocycles. The highest BCUT2D eigenvalue weighted by Crippen LogP contribution is 2.43. The Morgan fingerprint density at radius 3 is 2.10 bits per heavy atom. The largest absolute Gasteiger partial charge is 0.497 e. The number of hydrogen-bond acceptors (Lipinski definition) is 3. The summed E-state index contributed by atoms with van der Waals surface area (Å²) in [5.74, 6) is -1.22. The number of hydrogen-bond donors (Lipinski definition) is 0. The molecule has 3 nitrogen and oxygen atoms in total. The first kappa shape index (κ1) is 17.6. The molecule has 0 bridgehead atoms. The Morgan fingerprint density at radius 1 is 1.19 bits per heavy atom. The summed E-state index contributed by atoms with van der Waals surface area (Å²) in [5.41, 5.74) is -2.50. The minimum atomic E-state index is -2.92. The van der Waals surface area contributed by atoms with E-state index in [1.165, 1.54) is 14.2 Å². The molecule has 21 heavy (non-hydrogen) atoms. The number of benzene rings is 1. The van der Waals surface area contributed by atoms with Gasteiger partial charge in [-0.25, -0.2) is 8.78 Å². The van der Waals surface area contributed by atoms with Crippen LogP contribution in [0.4, 0.5) is 8.78 Å². The van der Waals surface area contributed by atoms with Gasteiger partial charge in [-0.15, -0.1) is 0 Å². The molecule has 1 aromatic rings. The quantitative estimate of drug-likeness (QED) is 0.590. The van der Waals surface area contributed by atoms with Gasteiger partial charge in [0.15, 0.2) is 0 Å². The van der Waals surface area contributed by atoms with E-state index >= 15 is 0 Å². The average Bonchev–Trinajstić information content (AvgIpc) is 2.43. The van der Waals surface area contributed by atoms with E-state index in [4.69, 9.17) is 4.74 Å². The minimum absolute atomic E-state index is 0.333. The van der Waals surface area contributed by atoms with Gasteiger partial charge in [0.25, 0.3) is 0 Å². The Kier molecular flexibility index (Phi) is 5.50. The van der Waals surface area contributed by atoms with Crippen LogP contribution in [0.3, 0.4) is 0 Å². The van der Waals surface area contributed by atoms with Crippen LogP contribution < -0.4 is 4.74 Å². The van der Waals surface area contributed by atoms with Crippen molar-refractivity contribution in [2.24, 2.45) is 0 Å². The standard InChI is InChI=1S/C15H22F2O3Si/c1-19-12-8-6-11(7-9-12)13(10-14(18)20-2)15(16,17)21(3,4)5/h6-9,13H,10H2,1-5H3. The second-order valence-electron chi connectivity index (χ2n) is 5.98. The van der Waals surface area contributed by atoms with Gasteiger partial charge in [-0.05, 0) is 17.7 Å². The van der Waals surface area contributed by atoms with Crippen molar-refractivity contribution in [2.75, 3.05) is 14.2 Å². The smallest absolute Gasteiger partial charge is 0.306 e. The second-order valence-corrected chi connectivity index (χ2v) is 11.1. The zero-order chi connectivity index (χ0) is 16.3. The second kappa shape index (κ2) is 6.55. The van der Waals surface area contributed by atoms with Crippen molar-refractivity contribution < 1.29 is 23.0 Å². The van der Waals surface area contributed by atoms with Gasteiger partial charge in [-0.1, -0.05) is 31.8 Å². The number of esters is 1. The molecular weight excluding hydrogens is 294 g/mol. The first-order chi connectivity index (χ1) is 9.63. The third kappa shape index (κ3) is 4.03. The average molecular weight is 316 g/mol. The van der Waals surface area contributed by atoms with Crippen molar-refractivity contribution in [3.63, 3.8) is 0 Å². The van der Waals surface area contributed by atoms with Gasteiger partial charge < -0.3 is 9.47 Å². The van der Waals surface area contributed by atoms with Gasteiger partial charge in [-0.3, -0.25) is 4.79 Å². The zero-order valence-corrected chi connectivity index (χ0v) is 14.1. The number of carbonyl (C=O) groups is 1. The Morgan fingerprint density at radius 2 is 1.71 bits per heavy atom. The molecule has 0 N–H and O–H groups in total. The molecule has 1 atom stereocenters. The predicted octanol–water partition coefficient (Wildman–Crippen LogP) is 3.85. The molecule has 0 aliphatic rings. The molecule has 118 valence electrons. The Labute approximate surface area is 125 Å². The van der Waals surface area contributed by atoms with Crippen molar-refractivity contribution >= 4 is 14.0 Å². The van der Waals surface area contributed by atoms with Gasteiger partial charge in [0.05, 0.1) is 26.6 Å².